The van der Waals surface area contributed by atoms with Crippen molar-refractivity contribution in [3.63, 3.8) is 0 Å². The van der Waals surface area contributed by atoms with Gasteiger partial charge in [-0.15, -0.1) is 0 Å². The zero-order chi connectivity index (χ0) is 7.68. The summed E-state index contributed by atoms with van der Waals surface area (Å²) in [6.07, 6.45) is 0. The van der Waals surface area contributed by atoms with Crippen LogP contribution in [0.3, 0.4) is 0 Å². The highest BCUT2D eigenvalue weighted by Crippen LogP contribution is 2.26. The van der Waals surface area contributed by atoms with Crippen molar-refractivity contribution in [1.82, 2.24) is 0 Å². The Balaban J connectivity index is 2.16. The molecule has 1 aliphatic heterocycles. The second kappa shape index (κ2) is 2.28. The van der Waals surface area contributed by atoms with Crippen LogP contribution in [0.1, 0.15) is 0 Å². The summed E-state index contributed by atoms with van der Waals surface area (Å²) in [5.41, 5.74) is 1.15. The second-order valence-electron chi connectivity index (χ2n) is 2.63. The van der Waals surface area contributed by atoms with Crippen molar-refractivity contribution >= 4 is 5.69 Å². The van der Waals surface area contributed by atoms with E-state index in [0.29, 0.717) is 0 Å². The monoisotopic (exact) mass is 144 g/mol. The van der Waals surface area contributed by atoms with Crippen molar-refractivity contribution in [3.05, 3.63) is 30.3 Å². The summed E-state index contributed by atoms with van der Waals surface area (Å²) in [4.78, 5) is 2.07. The van der Waals surface area contributed by atoms with Gasteiger partial charge in [0.2, 0.25) is 0 Å². The predicted molar refractivity (Wildman–Crippen MR) is 43.2 cm³/mol. The lowest BCUT2D eigenvalue weighted by atomic mass is 10.3. The normalized spacial score (nSPS) is 21.0. The van der Waals surface area contributed by atoms with Crippen LogP contribution in [0.25, 0.3) is 0 Å². The number of nitrogens with zero attached hydrogens (tertiary/aromatic N) is 2. The predicted octanol–water partition coefficient (Wildman–Crippen LogP) is 1.40. The molecule has 0 aromatic heterocycles. The van der Waals surface area contributed by atoms with E-state index in [0.717, 1.165) is 12.2 Å². The number of hydrogen-bond acceptors (Lipinski definition) is 2. The SMILES string of the molecule is N#CC1CN1c1ccccc1. The van der Waals surface area contributed by atoms with E-state index >= 15 is 0 Å². The number of anilines is 1. The third-order valence-electron chi connectivity index (χ3n) is 1.85. The molecule has 1 aromatic rings. The molecule has 11 heavy (non-hydrogen) atoms. The molecule has 0 amide bonds. The van der Waals surface area contributed by atoms with Crippen molar-refractivity contribution < 1.29 is 0 Å². The molecule has 0 saturated carbocycles. The van der Waals surface area contributed by atoms with Crippen LogP contribution in [0.2, 0.25) is 0 Å². The number of rotatable bonds is 1. The first-order valence-electron chi connectivity index (χ1n) is 3.63. The molecule has 1 heterocycles. The Kier molecular flexibility index (Phi) is 1.29. The summed E-state index contributed by atoms with van der Waals surface area (Å²) in [5.74, 6) is 0. The molecule has 1 aromatic carbocycles. The topological polar surface area (TPSA) is 26.8 Å². The van der Waals surface area contributed by atoms with Gasteiger partial charge in [0.05, 0.1) is 12.6 Å². The van der Waals surface area contributed by atoms with E-state index < -0.39 is 0 Å². The zero-order valence-electron chi connectivity index (χ0n) is 6.07. The molecule has 0 aliphatic carbocycles. The fraction of sp³-hybridized carbons (Fsp3) is 0.222. The van der Waals surface area contributed by atoms with E-state index in [4.69, 9.17) is 5.26 Å². The minimum atomic E-state index is 0.123. The maximum absolute atomic E-state index is 8.55. The largest absolute Gasteiger partial charge is 0.351 e. The lowest BCUT2D eigenvalue weighted by Crippen LogP contribution is -1.94. The Labute approximate surface area is 65.7 Å². The van der Waals surface area contributed by atoms with E-state index in [1.165, 1.54) is 0 Å². The average molecular weight is 144 g/mol. The van der Waals surface area contributed by atoms with Gasteiger partial charge in [0.25, 0.3) is 0 Å². The molecule has 2 rings (SSSR count). The van der Waals surface area contributed by atoms with Crippen LogP contribution in [-0.2, 0) is 0 Å². The smallest absolute Gasteiger partial charge is 0.134 e. The van der Waals surface area contributed by atoms with E-state index in [1.807, 2.05) is 30.3 Å². The molecule has 2 nitrogen and oxygen atoms in total. The Morgan fingerprint density at radius 2 is 2.09 bits per heavy atom. The van der Waals surface area contributed by atoms with Crippen LogP contribution in [0.5, 0.6) is 0 Å². The molecule has 1 fully saturated rings. The van der Waals surface area contributed by atoms with Crippen molar-refractivity contribution in [2.75, 3.05) is 11.4 Å². The fourth-order valence-corrected chi connectivity index (χ4v) is 1.15. The van der Waals surface area contributed by atoms with Crippen molar-refractivity contribution in [2.45, 2.75) is 6.04 Å². The summed E-state index contributed by atoms with van der Waals surface area (Å²) in [7, 11) is 0. The lowest BCUT2D eigenvalue weighted by molar-refractivity contribution is 1.26. The quantitative estimate of drug-likeness (QED) is 0.557. The second-order valence-corrected chi connectivity index (χ2v) is 2.63. The molecule has 1 saturated heterocycles. The molecule has 2 heteroatoms. The van der Waals surface area contributed by atoms with Gasteiger partial charge in [-0.3, -0.25) is 0 Å². The van der Waals surface area contributed by atoms with Crippen molar-refractivity contribution in [1.29, 1.82) is 5.26 Å². The van der Waals surface area contributed by atoms with Gasteiger partial charge in [-0.05, 0) is 12.1 Å². The molecule has 0 spiro atoms. The Hall–Kier alpha value is -1.49. The summed E-state index contributed by atoms with van der Waals surface area (Å²) >= 11 is 0. The van der Waals surface area contributed by atoms with E-state index in [-0.39, 0.29) is 6.04 Å². The van der Waals surface area contributed by atoms with Crippen LogP contribution in [-0.4, -0.2) is 12.6 Å². The standard InChI is InChI=1S/C9H8N2/c10-6-9-7-11(9)8-4-2-1-3-5-8/h1-5,9H,7H2. The molecule has 0 N–H and O–H groups in total. The van der Waals surface area contributed by atoms with Gasteiger partial charge in [-0.25, -0.2) is 0 Å². The lowest BCUT2D eigenvalue weighted by Gasteiger charge is -1.99. The maximum atomic E-state index is 8.55. The molecular formula is C9H8N2. The Morgan fingerprint density at radius 3 is 2.64 bits per heavy atom. The third-order valence-corrected chi connectivity index (χ3v) is 1.85. The number of hydrogen-bond donors (Lipinski definition) is 0. The summed E-state index contributed by atoms with van der Waals surface area (Å²) < 4.78 is 0. The molecule has 0 radical (unpaired) electrons. The highest BCUT2D eigenvalue weighted by Gasteiger charge is 2.33. The van der Waals surface area contributed by atoms with Crippen LogP contribution in [0.4, 0.5) is 5.69 Å². The third kappa shape index (κ3) is 1.05. The van der Waals surface area contributed by atoms with Crippen molar-refractivity contribution in [3.8, 4) is 6.07 Å². The van der Waals surface area contributed by atoms with Gasteiger partial charge >= 0.3 is 0 Å². The van der Waals surface area contributed by atoms with E-state index in [2.05, 4.69) is 11.0 Å². The van der Waals surface area contributed by atoms with Crippen LogP contribution in [0, 0.1) is 11.3 Å². The first-order chi connectivity index (χ1) is 5.42. The first-order valence-corrected chi connectivity index (χ1v) is 3.63. The van der Waals surface area contributed by atoms with Gasteiger partial charge in [0, 0.05) is 5.69 Å². The summed E-state index contributed by atoms with van der Waals surface area (Å²) in [5, 5.41) is 8.55. The minimum absolute atomic E-state index is 0.123. The molecule has 1 unspecified atom stereocenters. The molecule has 54 valence electrons. The zero-order valence-corrected chi connectivity index (χ0v) is 6.07. The van der Waals surface area contributed by atoms with Crippen molar-refractivity contribution in [2.24, 2.45) is 0 Å². The number of nitriles is 1. The molecule has 0 bridgehead atoms. The first kappa shape index (κ1) is 6.23. The Bertz CT molecular complexity index is 286. The van der Waals surface area contributed by atoms with Gasteiger partial charge in [-0.2, -0.15) is 5.26 Å². The van der Waals surface area contributed by atoms with Crippen LogP contribution >= 0.6 is 0 Å². The van der Waals surface area contributed by atoms with Crippen LogP contribution in [0.15, 0.2) is 30.3 Å². The highest BCUT2D eigenvalue weighted by atomic mass is 15.3. The summed E-state index contributed by atoms with van der Waals surface area (Å²) in [6, 6.07) is 12.3. The molecular weight excluding hydrogens is 136 g/mol. The van der Waals surface area contributed by atoms with Gasteiger partial charge < -0.3 is 4.90 Å². The average Bonchev–Trinajstić information content (AvgIpc) is 2.85. The Morgan fingerprint density at radius 1 is 1.36 bits per heavy atom. The van der Waals surface area contributed by atoms with E-state index in [9.17, 15) is 0 Å². The summed E-state index contributed by atoms with van der Waals surface area (Å²) in [6.45, 7) is 0.889. The number of benzene rings is 1. The van der Waals surface area contributed by atoms with E-state index in [1.54, 1.807) is 0 Å². The molecule has 1 atom stereocenters. The van der Waals surface area contributed by atoms with Gasteiger partial charge in [0.15, 0.2) is 0 Å². The fourth-order valence-electron chi connectivity index (χ4n) is 1.15. The highest BCUT2D eigenvalue weighted by molar-refractivity contribution is 5.55. The molecule has 1 aliphatic rings. The minimum Gasteiger partial charge on any atom is -0.351 e. The number of para-hydroxylation sites is 1. The van der Waals surface area contributed by atoms with Gasteiger partial charge in [0.1, 0.15) is 6.04 Å². The van der Waals surface area contributed by atoms with Crippen LogP contribution < -0.4 is 4.90 Å². The van der Waals surface area contributed by atoms with Gasteiger partial charge in [-0.1, -0.05) is 18.2 Å². The maximum Gasteiger partial charge on any atom is 0.134 e.